The Labute approximate surface area is 133 Å². The lowest BCUT2D eigenvalue weighted by Crippen LogP contribution is -2.30. The van der Waals surface area contributed by atoms with Crippen molar-refractivity contribution in [1.82, 2.24) is 9.78 Å². The first-order chi connectivity index (χ1) is 10.5. The molecule has 0 amide bonds. The van der Waals surface area contributed by atoms with Gasteiger partial charge in [0.15, 0.2) is 6.61 Å². The number of aliphatic hydroxyl groups excluding tert-OH is 1. The highest BCUT2D eigenvalue weighted by Gasteiger charge is 2.31. The zero-order valence-electron chi connectivity index (χ0n) is 13.3. The van der Waals surface area contributed by atoms with Crippen LogP contribution in [0.3, 0.4) is 0 Å². The molecule has 0 aliphatic heterocycles. The van der Waals surface area contributed by atoms with Gasteiger partial charge in [0, 0.05) is 14.7 Å². The fraction of sp³-hybridized carbons (Fsp3) is 0.750. The Morgan fingerprint density at radius 2 is 2.13 bits per heavy atom. The van der Waals surface area contributed by atoms with Crippen LogP contribution in [0, 0.1) is 10.1 Å². The number of aliphatic hydroxyl groups is 1. The molecule has 0 bridgehead atoms. The van der Waals surface area contributed by atoms with Crippen molar-refractivity contribution >= 4 is 13.8 Å². The summed E-state index contributed by atoms with van der Waals surface area (Å²) in [4.78, 5) is 10.1. The molecule has 0 unspecified atom stereocenters. The highest BCUT2D eigenvalue weighted by molar-refractivity contribution is 6.76. The quantitative estimate of drug-likeness (QED) is 0.299. The lowest BCUT2D eigenvalue weighted by molar-refractivity contribution is -0.386. The summed E-state index contributed by atoms with van der Waals surface area (Å²) in [6.45, 7) is 4.39. The number of alkyl halides is 2. The van der Waals surface area contributed by atoms with Gasteiger partial charge >= 0.3 is 17.5 Å². The van der Waals surface area contributed by atoms with Gasteiger partial charge in [-0.1, -0.05) is 19.6 Å². The molecule has 0 aliphatic carbocycles. The van der Waals surface area contributed by atoms with E-state index in [1.54, 1.807) is 0 Å². The first-order valence-electron chi connectivity index (χ1n) is 6.95. The summed E-state index contributed by atoms with van der Waals surface area (Å²) in [6, 6.07) is 0.919. The first kappa shape index (κ1) is 19.5. The van der Waals surface area contributed by atoms with Crippen molar-refractivity contribution < 1.29 is 28.3 Å². The fourth-order valence-electron chi connectivity index (χ4n) is 1.44. The third-order valence-electron chi connectivity index (χ3n) is 2.78. The zero-order chi connectivity index (χ0) is 17.7. The van der Waals surface area contributed by atoms with Gasteiger partial charge in [0.2, 0.25) is 0 Å². The Kier molecular flexibility index (Phi) is 6.59. The van der Waals surface area contributed by atoms with Crippen LogP contribution in [0.15, 0.2) is 6.20 Å². The number of halogens is 2. The van der Waals surface area contributed by atoms with E-state index in [1.807, 2.05) is 0 Å². The molecule has 23 heavy (non-hydrogen) atoms. The molecule has 0 atom stereocenters. The van der Waals surface area contributed by atoms with Crippen LogP contribution in [0.4, 0.5) is 14.5 Å². The van der Waals surface area contributed by atoms with Gasteiger partial charge < -0.3 is 14.6 Å². The molecule has 132 valence electrons. The van der Waals surface area contributed by atoms with E-state index in [1.165, 1.54) is 0 Å². The van der Waals surface area contributed by atoms with Gasteiger partial charge in [-0.15, -0.1) is 5.10 Å². The number of aromatic nitrogens is 2. The van der Waals surface area contributed by atoms with E-state index in [0.717, 1.165) is 16.9 Å². The molecule has 1 aromatic rings. The number of rotatable bonds is 10. The summed E-state index contributed by atoms with van der Waals surface area (Å²) < 4.78 is 37.0. The Balaban J connectivity index is 2.65. The van der Waals surface area contributed by atoms with Crippen molar-refractivity contribution in [3.05, 3.63) is 16.3 Å². The molecule has 0 spiro atoms. The second-order valence-corrected chi connectivity index (χ2v) is 11.9. The molecule has 0 saturated carbocycles. The lowest BCUT2D eigenvalue weighted by Gasteiger charge is -2.15. The minimum absolute atomic E-state index is 0.0366. The molecule has 0 aromatic carbocycles. The van der Waals surface area contributed by atoms with Crippen LogP contribution < -0.4 is 4.74 Å². The van der Waals surface area contributed by atoms with E-state index >= 15 is 0 Å². The normalized spacial score (nSPS) is 12.4. The molecular formula is C12H21F2N3O5Si. The average molecular weight is 353 g/mol. The highest BCUT2D eigenvalue weighted by atomic mass is 28.3. The summed E-state index contributed by atoms with van der Waals surface area (Å²) in [7, 11) is -1.25. The van der Waals surface area contributed by atoms with Gasteiger partial charge in [0.25, 0.3) is 0 Å². The van der Waals surface area contributed by atoms with Crippen LogP contribution in [0.25, 0.3) is 0 Å². The van der Waals surface area contributed by atoms with Gasteiger partial charge in [-0.05, 0) is 6.04 Å². The van der Waals surface area contributed by atoms with Crippen LogP contribution in [0.5, 0.6) is 5.88 Å². The third kappa shape index (κ3) is 7.01. The average Bonchev–Trinajstić information content (AvgIpc) is 2.84. The Bertz CT molecular complexity index is 533. The predicted molar refractivity (Wildman–Crippen MR) is 80.5 cm³/mol. The standard InChI is InChI=1S/C12H21F2N3O5Si/c1-23(2,3)5-4-21-9-16-6-10(17(19)20)11(15-16)22-8-12(13,14)7-18/h6,18H,4-5,7-9H2,1-3H3. The summed E-state index contributed by atoms with van der Waals surface area (Å²) in [5, 5.41) is 23.1. The first-order valence-corrected chi connectivity index (χ1v) is 10.7. The Morgan fingerprint density at radius 1 is 1.48 bits per heavy atom. The molecule has 1 aromatic heterocycles. The molecule has 1 heterocycles. The fourth-order valence-corrected chi connectivity index (χ4v) is 2.20. The number of hydrogen-bond acceptors (Lipinski definition) is 6. The summed E-state index contributed by atoms with van der Waals surface area (Å²) in [6.07, 6.45) is 1.06. The maximum Gasteiger partial charge on any atom is 0.350 e. The maximum atomic E-state index is 12.9. The molecule has 1 rings (SSSR count). The third-order valence-corrected chi connectivity index (χ3v) is 4.48. The van der Waals surface area contributed by atoms with E-state index in [4.69, 9.17) is 9.84 Å². The number of nitrogens with zero attached hydrogens (tertiary/aromatic N) is 3. The SMILES string of the molecule is C[Si](C)(C)CCOCn1cc([N+](=O)[O-])c(OCC(F)(F)CO)n1. The molecule has 0 saturated heterocycles. The van der Waals surface area contributed by atoms with Gasteiger partial charge in [0.1, 0.15) is 19.5 Å². The number of hydrogen-bond donors (Lipinski definition) is 1. The van der Waals surface area contributed by atoms with E-state index in [9.17, 15) is 18.9 Å². The molecule has 11 heteroatoms. The molecule has 8 nitrogen and oxygen atoms in total. The van der Waals surface area contributed by atoms with E-state index < -0.39 is 43.7 Å². The van der Waals surface area contributed by atoms with E-state index in [0.29, 0.717) is 6.61 Å². The monoisotopic (exact) mass is 353 g/mol. The van der Waals surface area contributed by atoms with Gasteiger partial charge in [0.05, 0.1) is 4.92 Å². The second kappa shape index (κ2) is 7.79. The smallest absolute Gasteiger partial charge is 0.350 e. The van der Waals surface area contributed by atoms with Gasteiger partial charge in [-0.2, -0.15) is 0 Å². The zero-order valence-corrected chi connectivity index (χ0v) is 14.3. The minimum Gasteiger partial charge on any atom is -0.465 e. The summed E-state index contributed by atoms with van der Waals surface area (Å²) >= 11 is 0. The predicted octanol–water partition coefficient (Wildman–Crippen LogP) is 2.11. The lowest BCUT2D eigenvalue weighted by atomic mass is 10.4. The van der Waals surface area contributed by atoms with Crippen LogP contribution >= 0.6 is 0 Å². The molecular weight excluding hydrogens is 332 g/mol. The number of nitro groups is 1. The molecule has 0 fully saturated rings. The van der Waals surface area contributed by atoms with Crippen molar-refractivity contribution in [2.24, 2.45) is 0 Å². The van der Waals surface area contributed by atoms with Crippen molar-refractivity contribution in [3.63, 3.8) is 0 Å². The minimum atomic E-state index is -3.49. The van der Waals surface area contributed by atoms with Crippen molar-refractivity contribution in [2.75, 3.05) is 19.8 Å². The topological polar surface area (TPSA) is 99.7 Å². The molecule has 0 aliphatic rings. The van der Waals surface area contributed by atoms with Crippen LogP contribution in [0.2, 0.25) is 25.7 Å². The molecule has 0 radical (unpaired) electrons. The maximum absolute atomic E-state index is 12.9. The summed E-state index contributed by atoms with van der Waals surface area (Å²) in [5.74, 6) is -4.03. The van der Waals surface area contributed by atoms with E-state index in [2.05, 4.69) is 29.5 Å². The van der Waals surface area contributed by atoms with Crippen LogP contribution in [-0.4, -0.2) is 53.6 Å². The van der Waals surface area contributed by atoms with E-state index in [-0.39, 0.29) is 6.73 Å². The van der Waals surface area contributed by atoms with Crippen LogP contribution in [-0.2, 0) is 11.5 Å². The summed E-state index contributed by atoms with van der Waals surface area (Å²) in [5.41, 5.74) is -0.535. The van der Waals surface area contributed by atoms with Crippen molar-refractivity contribution in [1.29, 1.82) is 0 Å². The van der Waals surface area contributed by atoms with Gasteiger partial charge in [-0.3, -0.25) is 10.1 Å². The van der Waals surface area contributed by atoms with Crippen molar-refractivity contribution in [2.45, 2.75) is 38.3 Å². The van der Waals surface area contributed by atoms with Crippen LogP contribution in [0.1, 0.15) is 0 Å². The molecule has 1 N–H and O–H groups in total. The Hall–Kier alpha value is -1.59. The van der Waals surface area contributed by atoms with Crippen molar-refractivity contribution in [3.8, 4) is 5.88 Å². The largest absolute Gasteiger partial charge is 0.465 e. The highest BCUT2D eigenvalue weighted by Crippen LogP contribution is 2.26. The second-order valence-electron chi connectivity index (χ2n) is 6.27. The Morgan fingerprint density at radius 3 is 2.65 bits per heavy atom. The van der Waals surface area contributed by atoms with Gasteiger partial charge in [-0.25, -0.2) is 13.5 Å². The number of ether oxygens (including phenoxy) is 2.